The summed E-state index contributed by atoms with van der Waals surface area (Å²) < 4.78 is 39.3. The molecule has 2 fully saturated rings. The summed E-state index contributed by atoms with van der Waals surface area (Å²) in [5.74, 6) is 0.466. The fourth-order valence-corrected chi connectivity index (χ4v) is 5.16. The first-order chi connectivity index (χ1) is 17.0. The number of benzene rings is 2. The molecule has 1 N–H and O–H groups in total. The Hall–Kier alpha value is -2.81. The van der Waals surface area contributed by atoms with Gasteiger partial charge in [0.15, 0.2) is 0 Å². The Balaban J connectivity index is 1.32. The molecule has 1 unspecified atom stereocenters. The number of allylic oxidation sites excluding steroid dienone is 4. The molecule has 1 aliphatic heterocycles. The van der Waals surface area contributed by atoms with Crippen molar-refractivity contribution in [2.24, 2.45) is 0 Å². The van der Waals surface area contributed by atoms with Gasteiger partial charge in [-0.2, -0.15) is 13.2 Å². The predicted octanol–water partition coefficient (Wildman–Crippen LogP) is 6.65. The maximum Gasteiger partial charge on any atom is 0.416 e. The van der Waals surface area contributed by atoms with Crippen LogP contribution in [-0.4, -0.2) is 37.1 Å². The zero-order chi connectivity index (χ0) is 24.3. The van der Waals surface area contributed by atoms with Gasteiger partial charge in [-0.15, -0.1) is 0 Å². The van der Waals surface area contributed by atoms with Crippen LogP contribution in [0.25, 0.3) is 11.1 Å². The van der Waals surface area contributed by atoms with Crippen LogP contribution in [0, 0.1) is 0 Å². The summed E-state index contributed by atoms with van der Waals surface area (Å²) in [6, 6.07) is 12.6. The average Bonchev–Trinajstić information content (AvgIpc) is 3.45. The Bertz CT molecular complexity index is 1170. The van der Waals surface area contributed by atoms with Gasteiger partial charge in [0.2, 0.25) is 0 Å². The number of alkyl halides is 3. The molecular formula is C30H31F3N2. The van der Waals surface area contributed by atoms with Gasteiger partial charge in [-0.1, -0.05) is 47.9 Å². The Morgan fingerprint density at radius 1 is 1.00 bits per heavy atom. The molecule has 35 heavy (non-hydrogen) atoms. The molecule has 2 atom stereocenters. The largest absolute Gasteiger partial charge is 0.416 e. The molecule has 0 amide bonds. The molecule has 182 valence electrons. The summed E-state index contributed by atoms with van der Waals surface area (Å²) in [6.07, 6.45) is 6.84. The highest BCUT2D eigenvalue weighted by atomic mass is 19.4. The normalized spacial score (nSPS) is 21.5. The fraction of sp³-hybridized carbons (Fsp3) is 0.400. The number of halogens is 3. The molecule has 2 aromatic rings. The van der Waals surface area contributed by atoms with Crippen LogP contribution in [0.2, 0.25) is 0 Å². The quantitative estimate of drug-likeness (QED) is 0.408. The second-order valence-corrected chi connectivity index (χ2v) is 9.76. The molecule has 5 heteroatoms. The van der Waals surface area contributed by atoms with Crippen molar-refractivity contribution in [3.63, 3.8) is 0 Å². The molecule has 2 aromatic carbocycles. The van der Waals surface area contributed by atoms with Gasteiger partial charge in [-0.05, 0) is 91.7 Å². The van der Waals surface area contributed by atoms with Crippen molar-refractivity contribution in [3.8, 4) is 11.1 Å². The number of hydrogen-bond acceptors (Lipinski definition) is 2. The Labute approximate surface area is 205 Å². The second-order valence-electron chi connectivity index (χ2n) is 9.76. The third kappa shape index (κ3) is 6.07. The van der Waals surface area contributed by atoms with Crippen LogP contribution in [0.5, 0.6) is 0 Å². The number of likely N-dealkylation sites (tertiary alicyclic amines) is 1. The van der Waals surface area contributed by atoms with E-state index in [4.69, 9.17) is 0 Å². The molecule has 1 saturated heterocycles. The van der Waals surface area contributed by atoms with E-state index in [0.29, 0.717) is 12.0 Å². The van der Waals surface area contributed by atoms with E-state index in [1.165, 1.54) is 43.6 Å². The van der Waals surface area contributed by atoms with E-state index in [1.807, 2.05) is 18.2 Å². The van der Waals surface area contributed by atoms with Crippen molar-refractivity contribution in [1.82, 2.24) is 10.2 Å². The molecule has 3 aliphatic rings. The van der Waals surface area contributed by atoms with Crippen molar-refractivity contribution < 1.29 is 13.2 Å². The van der Waals surface area contributed by atoms with Crippen LogP contribution in [0.3, 0.4) is 0 Å². The lowest BCUT2D eigenvalue weighted by molar-refractivity contribution is -0.137. The van der Waals surface area contributed by atoms with Crippen molar-refractivity contribution in [1.29, 1.82) is 0 Å². The van der Waals surface area contributed by atoms with Gasteiger partial charge >= 0.3 is 6.18 Å². The lowest BCUT2D eigenvalue weighted by Gasteiger charge is -2.15. The van der Waals surface area contributed by atoms with Crippen LogP contribution in [0.4, 0.5) is 13.2 Å². The zero-order valence-electron chi connectivity index (χ0n) is 19.9. The van der Waals surface area contributed by atoms with Crippen LogP contribution in [-0.2, 0) is 12.6 Å². The number of rotatable bonds is 9. The van der Waals surface area contributed by atoms with Crippen molar-refractivity contribution in [2.75, 3.05) is 26.2 Å². The summed E-state index contributed by atoms with van der Waals surface area (Å²) in [4.78, 5) is 2.52. The zero-order valence-corrected chi connectivity index (χ0v) is 19.9. The third-order valence-electron chi connectivity index (χ3n) is 7.28. The Morgan fingerprint density at radius 2 is 1.80 bits per heavy atom. The van der Waals surface area contributed by atoms with E-state index in [2.05, 4.69) is 39.9 Å². The highest BCUT2D eigenvalue weighted by Gasteiger charge is 2.38. The minimum Gasteiger partial charge on any atom is -0.312 e. The maximum absolute atomic E-state index is 13.1. The fourth-order valence-electron chi connectivity index (χ4n) is 5.16. The first-order valence-electron chi connectivity index (χ1n) is 12.6. The number of aryl methyl sites for hydroxylation is 1. The molecule has 2 nitrogen and oxygen atoms in total. The van der Waals surface area contributed by atoms with Crippen LogP contribution < -0.4 is 5.32 Å². The first kappa shape index (κ1) is 23.9. The summed E-state index contributed by atoms with van der Waals surface area (Å²) >= 11 is 0. The van der Waals surface area contributed by atoms with Crippen LogP contribution >= 0.6 is 0 Å². The number of nitrogens with zero attached hydrogens (tertiary/aromatic N) is 1. The van der Waals surface area contributed by atoms with Crippen LogP contribution in [0.1, 0.15) is 48.3 Å². The van der Waals surface area contributed by atoms with Gasteiger partial charge in [0, 0.05) is 30.6 Å². The SMILES string of the molecule is FC(F)(F)c1ccc(-c2cc(C3C[C@@H]3NCCN3CCCC3)ccc2CCC2=C=C=CC=C2)cc1. The monoisotopic (exact) mass is 476 g/mol. The lowest BCUT2D eigenvalue weighted by Crippen LogP contribution is -2.31. The molecule has 0 radical (unpaired) electrons. The van der Waals surface area contributed by atoms with Crippen molar-refractivity contribution in [3.05, 3.63) is 94.4 Å². The van der Waals surface area contributed by atoms with Gasteiger partial charge in [-0.25, -0.2) is 0 Å². The predicted molar refractivity (Wildman–Crippen MR) is 134 cm³/mol. The Morgan fingerprint density at radius 3 is 2.51 bits per heavy atom. The first-order valence-corrected chi connectivity index (χ1v) is 12.6. The Kier molecular flexibility index (Phi) is 7.13. The maximum atomic E-state index is 13.1. The van der Waals surface area contributed by atoms with Gasteiger partial charge < -0.3 is 10.2 Å². The topological polar surface area (TPSA) is 15.3 Å². The summed E-state index contributed by atoms with van der Waals surface area (Å²) in [5.41, 5.74) is 10.9. The standard InChI is InChI=1S/C30H31F3N2/c31-30(32,33)26-14-12-24(13-15-26)27-20-25(11-10-23(27)9-8-22-6-2-1-3-7-22)28-21-29(28)34-16-19-35-17-4-5-18-35/h1-2,6,10-15,20,28-29,34H,4-5,8-9,16-19,21H2/t28?,29-/m0/s1. The molecule has 2 aliphatic carbocycles. The summed E-state index contributed by atoms with van der Waals surface area (Å²) in [5, 5.41) is 3.70. The van der Waals surface area contributed by atoms with Crippen molar-refractivity contribution in [2.45, 2.75) is 50.2 Å². The van der Waals surface area contributed by atoms with E-state index in [9.17, 15) is 13.2 Å². The van der Waals surface area contributed by atoms with Gasteiger partial charge in [0.25, 0.3) is 0 Å². The van der Waals surface area contributed by atoms with E-state index in [0.717, 1.165) is 54.6 Å². The van der Waals surface area contributed by atoms with Gasteiger partial charge in [0.1, 0.15) is 0 Å². The van der Waals surface area contributed by atoms with Gasteiger partial charge in [0.05, 0.1) is 5.56 Å². The highest BCUT2D eigenvalue weighted by molar-refractivity contribution is 5.69. The van der Waals surface area contributed by atoms with E-state index >= 15 is 0 Å². The van der Waals surface area contributed by atoms with E-state index in [1.54, 1.807) is 12.1 Å². The molecule has 0 bridgehead atoms. The summed E-state index contributed by atoms with van der Waals surface area (Å²) in [6.45, 7) is 4.54. The second kappa shape index (κ2) is 10.4. The number of hydrogen-bond donors (Lipinski definition) is 1. The average molecular weight is 477 g/mol. The molecular weight excluding hydrogens is 445 g/mol. The molecule has 1 saturated carbocycles. The minimum atomic E-state index is -4.33. The molecule has 0 spiro atoms. The van der Waals surface area contributed by atoms with Crippen molar-refractivity contribution >= 4 is 0 Å². The smallest absolute Gasteiger partial charge is 0.312 e. The van der Waals surface area contributed by atoms with E-state index in [-0.39, 0.29) is 0 Å². The summed E-state index contributed by atoms with van der Waals surface area (Å²) in [7, 11) is 0. The number of nitrogens with one attached hydrogen (secondary N) is 1. The van der Waals surface area contributed by atoms with Crippen LogP contribution in [0.15, 0.2) is 77.7 Å². The minimum absolute atomic E-state index is 0.466. The van der Waals surface area contributed by atoms with E-state index < -0.39 is 11.7 Å². The molecule has 0 aromatic heterocycles. The molecule has 1 heterocycles. The third-order valence-corrected chi connectivity index (χ3v) is 7.28. The van der Waals surface area contributed by atoms with Gasteiger partial charge in [-0.3, -0.25) is 0 Å². The lowest BCUT2D eigenvalue weighted by atomic mass is 9.91. The highest BCUT2D eigenvalue weighted by Crippen LogP contribution is 2.43. The molecule has 5 rings (SSSR count).